The predicted molar refractivity (Wildman–Crippen MR) is 170 cm³/mol. The fraction of sp³-hybridized carbons (Fsp3) is 0.529. The zero-order valence-electron chi connectivity index (χ0n) is 27.1. The zero-order chi connectivity index (χ0) is 33.4. The Labute approximate surface area is 269 Å². The Balaban J connectivity index is 1.58. The maximum atomic E-state index is 13.9. The Morgan fingerprint density at radius 2 is 1.61 bits per heavy atom. The van der Waals surface area contributed by atoms with E-state index in [-0.39, 0.29) is 67.5 Å². The molecule has 0 spiro atoms. The van der Waals surface area contributed by atoms with E-state index in [0.29, 0.717) is 49.2 Å². The van der Waals surface area contributed by atoms with Gasteiger partial charge in [0, 0.05) is 45.3 Å². The van der Waals surface area contributed by atoms with Crippen molar-refractivity contribution in [1.29, 1.82) is 0 Å². The molecule has 1 fully saturated rings. The summed E-state index contributed by atoms with van der Waals surface area (Å²) >= 11 is 0. The Hall–Kier alpha value is -4.48. The van der Waals surface area contributed by atoms with Crippen LogP contribution in [0.1, 0.15) is 90.7 Å². The SMILES string of the molecule is Cc1oc2c(c1C(=O)N1CCCNC(=O)[C@@H](C(C)C)NC(=O)[C@@H](C)NC(=O)[C@H](Cc3ccccc3)NC(=O)CCC1)C(=O)CCC2. The molecule has 248 valence electrons. The van der Waals surface area contributed by atoms with Crippen LogP contribution in [-0.4, -0.2) is 78.0 Å². The van der Waals surface area contributed by atoms with Gasteiger partial charge in [0.15, 0.2) is 5.78 Å². The van der Waals surface area contributed by atoms with Crippen molar-refractivity contribution in [3.8, 4) is 0 Å². The molecule has 1 aliphatic carbocycles. The summed E-state index contributed by atoms with van der Waals surface area (Å²) < 4.78 is 5.83. The molecule has 0 saturated carbocycles. The van der Waals surface area contributed by atoms with Crippen molar-refractivity contribution in [3.05, 3.63) is 58.5 Å². The summed E-state index contributed by atoms with van der Waals surface area (Å²) in [5.74, 6) is -1.62. The Morgan fingerprint density at radius 3 is 2.33 bits per heavy atom. The van der Waals surface area contributed by atoms with Crippen molar-refractivity contribution < 1.29 is 33.2 Å². The summed E-state index contributed by atoms with van der Waals surface area (Å²) in [4.78, 5) is 81.0. The van der Waals surface area contributed by atoms with Gasteiger partial charge < -0.3 is 30.6 Å². The van der Waals surface area contributed by atoms with Gasteiger partial charge >= 0.3 is 0 Å². The Bertz CT molecular complexity index is 1450. The highest BCUT2D eigenvalue weighted by Gasteiger charge is 2.33. The Kier molecular flexibility index (Phi) is 11.7. The average molecular weight is 636 g/mol. The van der Waals surface area contributed by atoms with Gasteiger partial charge in [-0.2, -0.15) is 0 Å². The summed E-state index contributed by atoms with van der Waals surface area (Å²) in [7, 11) is 0. The molecule has 46 heavy (non-hydrogen) atoms. The van der Waals surface area contributed by atoms with Crippen LogP contribution in [0, 0.1) is 12.8 Å². The third-order valence-corrected chi connectivity index (χ3v) is 8.41. The number of nitrogens with one attached hydrogen (secondary N) is 4. The highest BCUT2D eigenvalue weighted by atomic mass is 16.3. The first-order valence-electron chi connectivity index (χ1n) is 16.1. The average Bonchev–Trinajstić information content (AvgIpc) is 3.36. The van der Waals surface area contributed by atoms with Crippen molar-refractivity contribution in [1.82, 2.24) is 26.2 Å². The van der Waals surface area contributed by atoms with Crippen LogP contribution < -0.4 is 21.3 Å². The van der Waals surface area contributed by atoms with Gasteiger partial charge in [0.1, 0.15) is 29.6 Å². The van der Waals surface area contributed by atoms with Crippen molar-refractivity contribution >= 4 is 35.3 Å². The third kappa shape index (κ3) is 8.61. The molecule has 1 saturated heterocycles. The van der Waals surface area contributed by atoms with E-state index in [1.54, 1.807) is 25.7 Å². The highest BCUT2D eigenvalue weighted by Crippen LogP contribution is 2.30. The molecule has 2 aromatic rings. The molecule has 5 amide bonds. The molecule has 12 nitrogen and oxygen atoms in total. The zero-order valence-corrected chi connectivity index (χ0v) is 27.1. The minimum atomic E-state index is -0.961. The molecular weight excluding hydrogens is 590 g/mol. The van der Waals surface area contributed by atoms with Crippen LogP contribution in [0.15, 0.2) is 34.7 Å². The summed E-state index contributed by atoms with van der Waals surface area (Å²) in [5, 5.41) is 11.1. The molecule has 4 rings (SSSR count). The van der Waals surface area contributed by atoms with Crippen LogP contribution in [0.5, 0.6) is 0 Å². The minimum absolute atomic E-state index is 0.0343. The van der Waals surface area contributed by atoms with Gasteiger partial charge in [-0.05, 0) is 44.6 Å². The minimum Gasteiger partial charge on any atom is -0.465 e. The topological polar surface area (TPSA) is 167 Å². The number of aryl methyl sites for hydroxylation is 2. The van der Waals surface area contributed by atoms with Crippen LogP contribution >= 0.6 is 0 Å². The summed E-state index contributed by atoms with van der Waals surface area (Å²) in [5.41, 5.74) is 1.43. The molecular formula is C34H45N5O7. The van der Waals surface area contributed by atoms with Gasteiger partial charge in [-0.15, -0.1) is 0 Å². The molecule has 1 aromatic heterocycles. The largest absolute Gasteiger partial charge is 0.465 e. The van der Waals surface area contributed by atoms with Crippen molar-refractivity contribution in [2.24, 2.45) is 5.92 Å². The lowest BCUT2D eigenvalue weighted by Crippen LogP contribution is -2.57. The van der Waals surface area contributed by atoms with Gasteiger partial charge in [-0.25, -0.2) is 0 Å². The van der Waals surface area contributed by atoms with E-state index < -0.39 is 29.9 Å². The quantitative estimate of drug-likeness (QED) is 0.400. The normalized spacial score (nSPS) is 22.6. The number of amides is 5. The standard InChI is InChI=1S/C34H45N5O7/c1-20(2)30-33(44)35-16-10-18-39(34(45)28-22(4)46-26-14-8-13-25(40)29(26)28)17-9-15-27(41)37-24(19-23-11-6-5-7-12-23)32(43)36-21(3)31(42)38-30/h5-7,11-12,20-21,24,30H,8-10,13-19H2,1-4H3,(H,35,44)(H,36,43)(H,37,41)(H,38,42)/t21-,24+,30-/m1/s1. The van der Waals surface area contributed by atoms with E-state index in [1.807, 2.05) is 30.3 Å². The summed E-state index contributed by atoms with van der Waals surface area (Å²) in [6.07, 6.45) is 2.55. The van der Waals surface area contributed by atoms with Crippen LogP contribution in [0.2, 0.25) is 0 Å². The Morgan fingerprint density at radius 1 is 0.891 bits per heavy atom. The number of ketones is 1. The van der Waals surface area contributed by atoms with E-state index >= 15 is 0 Å². The molecule has 3 atom stereocenters. The van der Waals surface area contributed by atoms with Crippen LogP contribution in [0.4, 0.5) is 0 Å². The van der Waals surface area contributed by atoms with E-state index in [1.165, 1.54) is 6.92 Å². The number of nitrogens with zero attached hydrogens (tertiary/aromatic N) is 1. The summed E-state index contributed by atoms with van der Waals surface area (Å²) in [6.45, 7) is 7.51. The van der Waals surface area contributed by atoms with Gasteiger partial charge in [0.25, 0.3) is 5.91 Å². The smallest absolute Gasteiger partial charge is 0.258 e. The van der Waals surface area contributed by atoms with E-state index in [4.69, 9.17) is 4.42 Å². The van der Waals surface area contributed by atoms with Crippen molar-refractivity contribution in [2.45, 2.75) is 90.8 Å². The molecule has 1 aliphatic heterocycles. The number of furan rings is 1. The van der Waals surface area contributed by atoms with Crippen LogP contribution in [0.3, 0.4) is 0 Å². The number of fused-ring (bicyclic) bond motifs is 1. The molecule has 2 heterocycles. The predicted octanol–water partition coefficient (Wildman–Crippen LogP) is 2.22. The van der Waals surface area contributed by atoms with Crippen molar-refractivity contribution in [3.63, 3.8) is 0 Å². The van der Waals surface area contributed by atoms with Gasteiger partial charge in [-0.3, -0.25) is 28.8 Å². The number of benzene rings is 1. The van der Waals surface area contributed by atoms with E-state index in [2.05, 4.69) is 21.3 Å². The molecule has 12 heteroatoms. The summed E-state index contributed by atoms with van der Waals surface area (Å²) in [6, 6.07) is 6.44. The molecule has 0 radical (unpaired) electrons. The maximum Gasteiger partial charge on any atom is 0.258 e. The number of hydrogen-bond donors (Lipinski definition) is 4. The number of Topliss-reactive ketones (excluding diaryl/α,β-unsaturated/α-hetero) is 1. The molecule has 0 unspecified atom stereocenters. The first-order valence-corrected chi connectivity index (χ1v) is 16.1. The second kappa shape index (κ2) is 15.7. The second-order valence-corrected chi connectivity index (χ2v) is 12.4. The first-order chi connectivity index (χ1) is 22.0. The lowest BCUT2D eigenvalue weighted by atomic mass is 9.93. The van der Waals surface area contributed by atoms with Crippen LogP contribution in [0.25, 0.3) is 0 Å². The number of rotatable bonds is 4. The maximum absolute atomic E-state index is 13.9. The molecule has 2 aliphatic rings. The monoisotopic (exact) mass is 635 g/mol. The van der Waals surface area contributed by atoms with Crippen LogP contribution in [-0.2, 0) is 32.0 Å². The second-order valence-electron chi connectivity index (χ2n) is 12.4. The number of carbonyl (C=O) groups excluding carboxylic acids is 6. The van der Waals surface area contributed by atoms with Gasteiger partial charge in [-0.1, -0.05) is 44.2 Å². The molecule has 1 aromatic carbocycles. The highest BCUT2D eigenvalue weighted by molar-refractivity contribution is 6.10. The number of carbonyl (C=O) groups is 6. The van der Waals surface area contributed by atoms with Gasteiger partial charge in [0.05, 0.1) is 11.1 Å². The third-order valence-electron chi connectivity index (χ3n) is 8.41. The molecule has 0 bridgehead atoms. The molecule has 4 N–H and O–H groups in total. The van der Waals surface area contributed by atoms with Crippen molar-refractivity contribution in [2.75, 3.05) is 19.6 Å². The fourth-order valence-corrected chi connectivity index (χ4v) is 5.88. The lowest BCUT2D eigenvalue weighted by Gasteiger charge is -2.27. The first kappa shape index (κ1) is 34.4. The van der Waals surface area contributed by atoms with E-state index in [0.717, 1.165) is 5.56 Å². The fourth-order valence-electron chi connectivity index (χ4n) is 5.88. The lowest BCUT2D eigenvalue weighted by molar-refractivity contribution is -0.134. The number of hydrogen-bond acceptors (Lipinski definition) is 7. The van der Waals surface area contributed by atoms with Gasteiger partial charge in [0.2, 0.25) is 23.6 Å². The van der Waals surface area contributed by atoms with E-state index in [9.17, 15) is 28.8 Å².